The Morgan fingerprint density at radius 3 is 3.00 bits per heavy atom. The van der Waals surface area contributed by atoms with Crippen LogP contribution in [0.3, 0.4) is 0 Å². The van der Waals surface area contributed by atoms with Crippen molar-refractivity contribution < 1.29 is 4.79 Å². The Hall–Kier alpha value is -1.00. The molecule has 2 unspecified atom stereocenters. The lowest BCUT2D eigenvalue weighted by Crippen LogP contribution is -2.41. The number of likely N-dealkylation sites (tertiary alicyclic amines) is 1. The van der Waals surface area contributed by atoms with Gasteiger partial charge in [-0.05, 0) is 43.7 Å². The minimum Gasteiger partial charge on any atom is -0.337 e. The van der Waals surface area contributed by atoms with Crippen molar-refractivity contribution in [2.24, 2.45) is 5.92 Å². The molecule has 19 heavy (non-hydrogen) atoms. The van der Waals surface area contributed by atoms with E-state index in [-0.39, 0.29) is 5.91 Å². The van der Waals surface area contributed by atoms with Crippen molar-refractivity contribution in [2.45, 2.75) is 23.8 Å². The average molecular weight is 276 g/mol. The highest BCUT2D eigenvalue weighted by Crippen LogP contribution is 2.28. The number of nitrogens with zero attached hydrogens (tertiary/aromatic N) is 1. The summed E-state index contributed by atoms with van der Waals surface area (Å²) >= 11 is 1.64. The Kier molecular flexibility index (Phi) is 3.80. The minimum atomic E-state index is 0.196. The fourth-order valence-corrected chi connectivity index (χ4v) is 3.79. The van der Waals surface area contributed by atoms with Gasteiger partial charge in [-0.15, -0.1) is 11.8 Å². The average Bonchev–Trinajstić information content (AvgIpc) is 2.90. The molecule has 2 heterocycles. The summed E-state index contributed by atoms with van der Waals surface area (Å²) < 4.78 is 0. The second-order valence-electron chi connectivity index (χ2n) is 5.37. The lowest BCUT2D eigenvalue weighted by Gasteiger charge is -2.24. The Labute approximate surface area is 118 Å². The van der Waals surface area contributed by atoms with Crippen LogP contribution in [0.5, 0.6) is 0 Å². The van der Waals surface area contributed by atoms with Crippen LogP contribution in [0.25, 0.3) is 0 Å². The number of benzene rings is 1. The van der Waals surface area contributed by atoms with E-state index < -0.39 is 0 Å². The summed E-state index contributed by atoms with van der Waals surface area (Å²) in [6.45, 7) is 2.88. The molecule has 4 heteroatoms. The fraction of sp³-hybridized carbons (Fsp3) is 0.533. The number of nitrogens with one attached hydrogen (secondary N) is 1. The molecule has 2 fully saturated rings. The lowest BCUT2D eigenvalue weighted by atomic mass is 9.94. The second-order valence-corrected chi connectivity index (χ2v) is 6.22. The van der Waals surface area contributed by atoms with E-state index in [1.165, 1.54) is 12.8 Å². The first-order valence-electron chi connectivity index (χ1n) is 6.95. The van der Waals surface area contributed by atoms with Crippen LogP contribution >= 0.6 is 11.8 Å². The third kappa shape index (κ3) is 2.51. The van der Waals surface area contributed by atoms with Gasteiger partial charge in [-0.1, -0.05) is 12.1 Å². The molecular weight excluding hydrogens is 256 g/mol. The quantitative estimate of drug-likeness (QED) is 0.841. The van der Waals surface area contributed by atoms with E-state index >= 15 is 0 Å². The molecule has 102 valence electrons. The van der Waals surface area contributed by atoms with Gasteiger partial charge in [-0.2, -0.15) is 0 Å². The van der Waals surface area contributed by atoms with Crippen molar-refractivity contribution in [1.82, 2.24) is 10.2 Å². The molecule has 1 aromatic carbocycles. The maximum Gasteiger partial charge on any atom is 0.255 e. The zero-order chi connectivity index (χ0) is 13.2. The number of hydrogen-bond acceptors (Lipinski definition) is 3. The summed E-state index contributed by atoms with van der Waals surface area (Å²) in [5.41, 5.74) is 0.855. The molecule has 3 rings (SSSR count). The van der Waals surface area contributed by atoms with E-state index in [2.05, 4.69) is 5.32 Å². The Morgan fingerprint density at radius 1 is 1.37 bits per heavy atom. The maximum absolute atomic E-state index is 12.7. The standard InChI is InChI=1S/C15H20N2OS/c1-19-14-7-3-2-6-12(14)15(18)17-9-11-5-4-8-16-13(11)10-17/h2-3,6-7,11,13,16H,4-5,8-10H2,1H3. The largest absolute Gasteiger partial charge is 0.337 e. The lowest BCUT2D eigenvalue weighted by molar-refractivity contribution is 0.0782. The fourth-order valence-electron chi connectivity index (χ4n) is 3.20. The van der Waals surface area contributed by atoms with Crippen LogP contribution in [0.4, 0.5) is 0 Å². The van der Waals surface area contributed by atoms with Crippen molar-refractivity contribution in [1.29, 1.82) is 0 Å². The summed E-state index contributed by atoms with van der Waals surface area (Å²) in [6.07, 6.45) is 4.52. The van der Waals surface area contributed by atoms with Crippen molar-refractivity contribution in [3.63, 3.8) is 0 Å². The summed E-state index contributed by atoms with van der Waals surface area (Å²) in [4.78, 5) is 15.8. The highest BCUT2D eigenvalue weighted by Gasteiger charge is 2.36. The normalized spacial score (nSPS) is 26.3. The van der Waals surface area contributed by atoms with Gasteiger partial charge >= 0.3 is 0 Å². The van der Waals surface area contributed by atoms with Gasteiger partial charge < -0.3 is 10.2 Å². The van der Waals surface area contributed by atoms with Gasteiger partial charge in [0.2, 0.25) is 0 Å². The first kappa shape index (κ1) is 13.0. The molecule has 0 bridgehead atoms. The van der Waals surface area contributed by atoms with Gasteiger partial charge in [-0.3, -0.25) is 4.79 Å². The van der Waals surface area contributed by atoms with Crippen molar-refractivity contribution >= 4 is 17.7 Å². The number of amides is 1. The first-order valence-corrected chi connectivity index (χ1v) is 8.17. The molecule has 2 aliphatic rings. The van der Waals surface area contributed by atoms with Gasteiger partial charge in [-0.25, -0.2) is 0 Å². The summed E-state index contributed by atoms with van der Waals surface area (Å²) in [5, 5.41) is 3.55. The van der Waals surface area contributed by atoms with Crippen LogP contribution in [-0.4, -0.2) is 42.7 Å². The Morgan fingerprint density at radius 2 is 2.21 bits per heavy atom. The molecule has 0 aromatic heterocycles. The smallest absolute Gasteiger partial charge is 0.255 e. The van der Waals surface area contributed by atoms with Crippen LogP contribution in [0.1, 0.15) is 23.2 Å². The van der Waals surface area contributed by atoms with Crippen LogP contribution in [-0.2, 0) is 0 Å². The summed E-state index contributed by atoms with van der Waals surface area (Å²) in [7, 11) is 0. The van der Waals surface area contributed by atoms with Gasteiger partial charge in [0.25, 0.3) is 5.91 Å². The molecule has 3 nitrogen and oxygen atoms in total. The Balaban J connectivity index is 1.77. The van der Waals surface area contributed by atoms with Gasteiger partial charge in [0.05, 0.1) is 5.56 Å². The van der Waals surface area contributed by atoms with E-state index in [0.717, 1.165) is 30.1 Å². The van der Waals surface area contributed by atoms with E-state index in [0.29, 0.717) is 12.0 Å². The highest BCUT2D eigenvalue weighted by atomic mass is 32.2. The van der Waals surface area contributed by atoms with E-state index in [4.69, 9.17) is 0 Å². The molecule has 0 radical (unpaired) electrons. The highest BCUT2D eigenvalue weighted by molar-refractivity contribution is 7.98. The molecule has 2 saturated heterocycles. The van der Waals surface area contributed by atoms with E-state index in [1.807, 2.05) is 35.4 Å². The van der Waals surface area contributed by atoms with Crippen LogP contribution in [0.15, 0.2) is 29.2 Å². The van der Waals surface area contributed by atoms with Crippen molar-refractivity contribution in [2.75, 3.05) is 25.9 Å². The van der Waals surface area contributed by atoms with Crippen LogP contribution in [0.2, 0.25) is 0 Å². The molecular formula is C15H20N2OS. The predicted octanol–water partition coefficient (Wildman–Crippen LogP) is 2.23. The first-order chi connectivity index (χ1) is 9.29. The van der Waals surface area contributed by atoms with Crippen molar-refractivity contribution in [3.05, 3.63) is 29.8 Å². The number of carbonyl (C=O) groups excluding carboxylic acids is 1. The summed E-state index contributed by atoms with van der Waals surface area (Å²) in [5.74, 6) is 0.847. The summed E-state index contributed by atoms with van der Waals surface area (Å²) in [6, 6.07) is 8.43. The van der Waals surface area contributed by atoms with Gasteiger partial charge in [0, 0.05) is 24.0 Å². The SMILES string of the molecule is CSc1ccccc1C(=O)N1CC2CCCNC2C1. The number of carbonyl (C=O) groups is 1. The predicted molar refractivity (Wildman–Crippen MR) is 78.6 cm³/mol. The maximum atomic E-state index is 12.7. The molecule has 1 aromatic rings. The minimum absolute atomic E-state index is 0.196. The Bertz CT molecular complexity index is 463. The monoisotopic (exact) mass is 276 g/mol. The molecule has 0 aliphatic carbocycles. The van der Waals surface area contributed by atoms with Gasteiger partial charge in [0.1, 0.15) is 0 Å². The zero-order valence-electron chi connectivity index (χ0n) is 11.3. The number of thioether (sulfide) groups is 1. The van der Waals surface area contributed by atoms with E-state index in [1.54, 1.807) is 11.8 Å². The third-order valence-electron chi connectivity index (χ3n) is 4.22. The molecule has 0 saturated carbocycles. The molecule has 2 atom stereocenters. The topological polar surface area (TPSA) is 32.3 Å². The second kappa shape index (κ2) is 5.55. The van der Waals surface area contributed by atoms with Gasteiger partial charge in [0.15, 0.2) is 0 Å². The number of fused-ring (bicyclic) bond motifs is 1. The zero-order valence-corrected chi connectivity index (χ0v) is 12.1. The number of hydrogen-bond donors (Lipinski definition) is 1. The van der Waals surface area contributed by atoms with E-state index in [9.17, 15) is 4.79 Å². The molecule has 2 aliphatic heterocycles. The van der Waals surface area contributed by atoms with Crippen LogP contribution in [0, 0.1) is 5.92 Å². The van der Waals surface area contributed by atoms with Crippen molar-refractivity contribution in [3.8, 4) is 0 Å². The third-order valence-corrected chi connectivity index (χ3v) is 5.02. The molecule has 1 amide bonds. The molecule has 1 N–H and O–H groups in total. The number of piperidine rings is 1. The number of rotatable bonds is 2. The molecule has 0 spiro atoms. The van der Waals surface area contributed by atoms with Crippen LogP contribution < -0.4 is 5.32 Å².